The molecule has 0 radical (unpaired) electrons. The molecule has 0 spiro atoms. The maximum atomic E-state index is 13.1. The van der Waals surface area contributed by atoms with Crippen molar-refractivity contribution in [2.45, 2.75) is 0 Å². The predicted octanol–water partition coefficient (Wildman–Crippen LogP) is 3.89. The molecule has 0 aliphatic rings. The summed E-state index contributed by atoms with van der Waals surface area (Å²) in [6.07, 6.45) is 0. The summed E-state index contributed by atoms with van der Waals surface area (Å²) in [7, 11) is 0. The second-order valence-corrected chi connectivity index (χ2v) is 4.99. The number of benzene rings is 2. The Kier molecular flexibility index (Phi) is 3.23. The summed E-state index contributed by atoms with van der Waals surface area (Å²) < 4.78 is 18.9. The van der Waals surface area contributed by atoms with Crippen LogP contribution in [0.25, 0.3) is 22.8 Å². The SMILES string of the molecule is Nc1ccccc1-c1nc(-c2ccc(F)cc2Br)no1. The number of hydrogen-bond donors (Lipinski definition) is 1. The molecule has 2 aromatic carbocycles. The Morgan fingerprint density at radius 2 is 1.90 bits per heavy atom. The zero-order valence-corrected chi connectivity index (χ0v) is 11.8. The molecule has 6 heteroatoms. The number of para-hydroxylation sites is 1. The number of halogens is 2. The largest absolute Gasteiger partial charge is 0.398 e. The second kappa shape index (κ2) is 5.05. The molecule has 2 N–H and O–H groups in total. The van der Waals surface area contributed by atoms with Crippen molar-refractivity contribution >= 4 is 21.6 Å². The number of aromatic nitrogens is 2. The summed E-state index contributed by atoms with van der Waals surface area (Å²) >= 11 is 3.28. The van der Waals surface area contributed by atoms with Gasteiger partial charge in [-0.3, -0.25) is 0 Å². The molecule has 20 heavy (non-hydrogen) atoms. The van der Waals surface area contributed by atoms with Gasteiger partial charge in [0.25, 0.3) is 5.89 Å². The Labute approximate surface area is 122 Å². The van der Waals surface area contributed by atoms with Crippen molar-refractivity contribution in [1.29, 1.82) is 0 Å². The minimum Gasteiger partial charge on any atom is -0.398 e. The third-order valence-corrected chi connectivity index (χ3v) is 3.45. The van der Waals surface area contributed by atoms with Crippen LogP contribution >= 0.6 is 15.9 Å². The molecule has 100 valence electrons. The van der Waals surface area contributed by atoms with Crippen LogP contribution in [0.5, 0.6) is 0 Å². The highest BCUT2D eigenvalue weighted by molar-refractivity contribution is 9.10. The maximum absolute atomic E-state index is 13.1. The fraction of sp³-hybridized carbons (Fsp3) is 0. The van der Waals surface area contributed by atoms with E-state index < -0.39 is 0 Å². The third-order valence-electron chi connectivity index (χ3n) is 2.79. The molecule has 0 aliphatic heterocycles. The van der Waals surface area contributed by atoms with Gasteiger partial charge in [0.1, 0.15) is 5.82 Å². The van der Waals surface area contributed by atoms with E-state index in [2.05, 4.69) is 26.1 Å². The summed E-state index contributed by atoms with van der Waals surface area (Å²) in [4.78, 5) is 4.29. The first-order chi connectivity index (χ1) is 9.65. The number of nitrogens with zero attached hydrogens (tertiary/aromatic N) is 2. The number of hydrogen-bond acceptors (Lipinski definition) is 4. The van der Waals surface area contributed by atoms with Gasteiger partial charge in [-0.1, -0.05) is 17.3 Å². The fourth-order valence-electron chi connectivity index (χ4n) is 1.80. The molecule has 0 saturated heterocycles. The van der Waals surface area contributed by atoms with Crippen molar-refractivity contribution in [3.63, 3.8) is 0 Å². The minimum atomic E-state index is -0.336. The van der Waals surface area contributed by atoms with Gasteiger partial charge in [-0.2, -0.15) is 4.98 Å². The highest BCUT2D eigenvalue weighted by atomic mass is 79.9. The molecule has 1 heterocycles. The van der Waals surface area contributed by atoms with Crippen LogP contribution in [0.3, 0.4) is 0 Å². The van der Waals surface area contributed by atoms with Crippen molar-refractivity contribution < 1.29 is 8.91 Å². The Balaban J connectivity index is 2.04. The average Bonchev–Trinajstić information content (AvgIpc) is 2.88. The van der Waals surface area contributed by atoms with Crippen molar-refractivity contribution in [1.82, 2.24) is 10.1 Å². The first-order valence-electron chi connectivity index (χ1n) is 5.79. The molecule has 0 amide bonds. The van der Waals surface area contributed by atoms with E-state index in [1.165, 1.54) is 12.1 Å². The highest BCUT2D eigenvalue weighted by Crippen LogP contribution is 2.30. The Bertz CT molecular complexity index is 773. The first kappa shape index (κ1) is 12.8. The number of nitrogen functional groups attached to an aromatic ring is 1. The van der Waals surface area contributed by atoms with E-state index in [0.717, 1.165) is 0 Å². The molecule has 3 aromatic rings. The summed E-state index contributed by atoms with van der Waals surface area (Å²) in [6, 6.07) is 11.5. The topological polar surface area (TPSA) is 64.9 Å². The zero-order valence-electron chi connectivity index (χ0n) is 10.2. The van der Waals surface area contributed by atoms with Gasteiger partial charge in [0.15, 0.2) is 0 Å². The monoisotopic (exact) mass is 333 g/mol. The third kappa shape index (κ3) is 2.30. The van der Waals surface area contributed by atoms with Gasteiger partial charge in [0.05, 0.1) is 5.56 Å². The molecule has 0 saturated carbocycles. The molecule has 0 unspecified atom stereocenters. The summed E-state index contributed by atoms with van der Waals surface area (Å²) in [6.45, 7) is 0. The molecular formula is C14H9BrFN3O. The van der Waals surface area contributed by atoms with E-state index in [1.54, 1.807) is 18.2 Å². The molecule has 1 aromatic heterocycles. The van der Waals surface area contributed by atoms with E-state index in [9.17, 15) is 4.39 Å². The summed E-state index contributed by atoms with van der Waals surface area (Å²) in [5.74, 6) is 0.362. The van der Waals surface area contributed by atoms with Crippen molar-refractivity contribution in [3.8, 4) is 22.8 Å². The maximum Gasteiger partial charge on any atom is 0.260 e. The van der Waals surface area contributed by atoms with Gasteiger partial charge in [0.2, 0.25) is 5.82 Å². The van der Waals surface area contributed by atoms with Crippen LogP contribution in [-0.2, 0) is 0 Å². The Hall–Kier alpha value is -2.21. The van der Waals surface area contributed by atoms with Gasteiger partial charge in [-0.15, -0.1) is 0 Å². The quantitative estimate of drug-likeness (QED) is 0.722. The van der Waals surface area contributed by atoms with E-state index in [4.69, 9.17) is 10.3 Å². The lowest BCUT2D eigenvalue weighted by Gasteiger charge is -1.99. The standard InChI is InChI=1S/C14H9BrFN3O/c15-11-7-8(16)5-6-9(11)13-18-14(20-19-13)10-3-1-2-4-12(10)17/h1-7H,17H2. The van der Waals surface area contributed by atoms with Crippen LogP contribution in [0.4, 0.5) is 10.1 Å². The van der Waals surface area contributed by atoms with E-state index in [-0.39, 0.29) is 5.82 Å². The van der Waals surface area contributed by atoms with Gasteiger partial charge < -0.3 is 10.3 Å². The Morgan fingerprint density at radius 1 is 1.10 bits per heavy atom. The van der Waals surface area contributed by atoms with Gasteiger partial charge in [-0.25, -0.2) is 4.39 Å². The van der Waals surface area contributed by atoms with Crippen LogP contribution in [-0.4, -0.2) is 10.1 Å². The van der Waals surface area contributed by atoms with Crippen LogP contribution in [0.1, 0.15) is 0 Å². The van der Waals surface area contributed by atoms with Crippen molar-refractivity contribution in [3.05, 3.63) is 52.8 Å². The Morgan fingerprint density at radius 3 is 2.65 bits per heavy atom. The zero-order chi connectivity index (χ0) is 14.1. The van der Waals surface area contributed by atoms with E-state index >= 15 is 0 Å². The lowest BCUT2D eigenvalue weighted by atomic mass is 10.2. The van der Waals surface area contributed by atoms with Crippen LogP contribution in [0.15, 0.2) is 51.5 Å². The van der Waals surface area contributed by atoms with E-state index in [1.807, 2.05) is 12.1 Å². The number of rotatable bonds is 2. The van der Waals surface area contributed by atoms with Crippen LogP contribution < -0.4 is 5.73 Å². The van der Waals surface area contributed by atoms with Crippen molar-refractivity contribution in [2.75, 3.05) is 5.73 Å². The lowest BCUT2D eigenvalue weighted by molar-refractivity contribution is 0.432. The van der Waals surface area contributed by atoms with Gasteiger partial charge in [0, 0.05) is 15.7 Å². The van der Waals surface area contributed by atoms with Gasteiger partial charge >= 0.3 is 0 Å². The number of nitrogens with two attached hydrogens (primary N) is 1. The smallest absolute Gasteiger partial charge is 0.260 e. The molecular weight excluding hydrogens is 325 g/mol. The molecule has 0 atom stereocenters. The minimum absolute atomic E-state index is 0.328. The molecule has 3 rings (SSSR count). The summed E-state index contributed by atoms with van der Waals surface area (Å²) in [5.41, 5.74) is 7.74. The second-order valence-electron chi connectivity index (χ2n) is 4.13. The predicted molar refractivity (Wildman–Crippen MR) is 77.2 cm³/mol. The molecule has 0 fully saturated rings. The lowest BCUT2D eigenvalue weighted by Crippen LogP contribution is -1.89. The van der Waals surface area contributed by atoms with Crippen LogP contribution in [0.2, 0.25) is 0 Å². The first-order valence-corrected chi connectivity index (χ1v) is 6.58. The van der Waals surface area contributed by atoms with Crippen molar-refractivity contribution in [2.24, 2.45) is 0 Å². The summed E-state index contributed by atoms with van der Waals surface area (Å²) in [5, 5.41) is 3.90. The molecule has 0 bridgehead atoms. The average molecular weight is 334 g/mol. The van der Waals surface area contributed by atoms with Gasteiger partial charge in [-0.05, 0) is 46.3 Å². The fourth-order valence-corrected chi connectivity index (χ4v) is 2.33. The number of anilines is 1. The highest BCUT2D eigenvalue weighted by Gasteiger charge is 2.14. The molecule has 4 nitrogen and oxygen atoms in total. The molecule has 0 aliphatic carbocycles. The normalized spacial score (nSPS) is 10.7. The van der Waals surface area contributed by atoms with E-state index in [0.29, 0.717) is 33.0 Å². The van der Waals surface area contributed by atoms with Crippen LogP contribution in [0, 0.1) is 5.82 Å².